The molecular weight excluding hydrogens is 246 g/mol. The van der Waals surface area contributed by atoms with E-state index >= 15 is 0 Å². The van der Waals surface area contributed by atoms with E-state index in [1.54, 1.807) is 0 Å². The number of nitrogens with one attached hydrogen (secondary N) is 1. The van der Waals surface area contributed by atoms with Gasteiger partial charge in [-0.1, -0.05) is 39.0 Å². The van der Waals surface area contributed by atoms with Crippen LogP contribution in [0, 0.1) is 12.3 Å². The second-order valence-corrected chi connectivity index (χ2v) is 6.49. The molecule has 108 valence electrons. The van der Waals surface area contributed by atoms with Crippen LogP contribution in [-0.4, -0.2) is 17.6 Å². The highest BCUT2D eigenvalue weighted by molar-refractivity contribution is 5.81. The maximum Gasteiger partial charge on any atom is 0.129 e. The molecule has 20 heavy (non-hydrogen) atoms. The van der Waals surface area contributed by atoms with Crippen molar-refractivity contribution in [2.45, 2.75) is 40.2 Å². The number of hydrogen-bond acceptors (Lipinski definition) is 3. The van der Waals surface area contributed by atoms with Gasteiger partial charge in [-0.25, -0.2) is 4.98 Å². The Morgan fingerprint density at radius 3 is 2.60 bits per heavy atom. The highest BCUT2D eigenvalue weighted by Crippen LogP contribution is 2.27. The third-order valence-electron chi connectivity index (χ3n) is 3.73. The predicted molar refractivity (Wildman–Crippen MR) is 87.0 cm³/mol. The second kappa shape index (κ2) is 5.80. The molecule has 0 radical (unpaired) electrons. The van der Waals surface area contributed by atoms with Gasteiger partial charge < -0.3 is 11.1 Å². The summed E-state index contributed by atoms with van der Waals surface area (Å²) in [7, 11) is 0. The average molecular weight is 271 g/mol. The molecule has 1 atom stereocenters. The van der Waals surface area contributed by atoms with Gasteiger partial charge in [-0.05, 0) is 43.0 Å². The first kappa shape index (κ1) is 14.8. The van der Waals surface area contributed by atoms with Crippen LogP contribution < -0.4 is 11.1 Å². The minimum Gasteiger partial charge on any atom is -0.367 e. The molecule has 0 spiro atoms. The second-order valence-electron chi connectivity index (χ2n) is 6.49. The summed E-state index contributed by atoms with van der Waals surface area (Å²) < 4.78 is 0. The minimum absolute atomic E-state index is 0.152. The number of pyridine rings is 1. The van der Waals surface area contributed by atoms with Crippen LogP contribution in [0.15, 0.2) is 30.3 Å². The number of rotatable bonds is 4. The van der Waals surface area contributed by atoms with Crippen LogP contribution in [0.25, 0.3) is 10.9 Å². The SMILES string of the molecule is Cc1cc2ccccc2nc1NC(CCN)C(C)(C)C. The van der Waals surface area contributed by atoms with Crippen LogP contribution >= 0.6 is 0 Å². The van der Waals surface area contributed by atoms with Gasteiger partial charge in [-0.2, -0.15) is 0 Å². The fraction of sp³-hybridized carbons (Fsp3) is 0.471. The molecule has 3 heteroatoms. The van der Waals surface area contributed by atoms with Crippen molar-refractivity contribution in [1.29, 1.82) is 0 Å². The third kappa shape index (κ3) is 3.28. The fourth-order valence-electron chi connectivity index (χ4n) is 2.42. The van der Waals surface area contributed by atoms with Gasteiger partial charge >= 0.3 is 0 Å². The molecule has 0 aliphatic heterocycles. The monoisotopic (exact) mass is 271 g/mol. The van der Waals surface area contributed by atoms with Crippen molar-refractivity contribution in [3.63, 3.8) is 0 Å². The first-order chi connectivity index (χ1) is 9.41. The smallest absolute Gasteiger partial charge is 0.129 e. The van der Waals surface area contributed by atoms with E-state index in [0.717, 1.165) is 17.8 Å². The molecule has 2 rings (SSSR count). The zero-order valence-corrected chi connectivity index (χ0v) is 12.9. The minimum atomic E-state index is 0.152. The van der Waals surface area contributed by atoms with Crippen LogP contribution in [0.4, 0.5) is 5.82 Å². The summed E-state index contributed by atoms with van der Waals surface area (Å²) in [5.41, 5.74) is 8.10. The summed E-state index contributed by atoms with van der Waals surface area (Å²) in [6.07, 6.45) is 0.942. The maximum absolute atomic E-state index is 5.75. The average Bonchev–Trinajstić information content (AvgIpc) is 2.37. The Labute approximate surface area is 121 Å². The third-order valence-corrected chi connectivity index (χ3v) is 3.73. The maximum atomic E-state index is 5.75. The van der Waals surface area contributed by atoms with Crippen LogP contribution in [-0.2, 0) is 0 Å². The zero-order chi connectivity index (χ0) is 14.8. The Hall–Kier alpha value is -1.61. The van der Waals surface area contributed by atoms with Crippen molar-refractivity contribution in [2.75, 3.05) is 11.9 Å². The van der Waals surface area contributed by atoms with Gasteiger partial charge in [0.25, 0.3) is 0 Å². The Balaban J connectivity index is 2.34. The molecule has 0 amide bonds. The largest absolute Gasteiger partial charge is 0.367 e. The van der Waals surface area contributed by atoms with Crippen LogP contribution in [0.2, 0.25) is 0 Å². The number of fused-ring (bicyclic) bond motifs is 1. The van der Waals surface area contributed by atoms with Gasteiger partial charge in [-0.15, -0.1) is 0 Å². The lowest BCUT2D eigenvalue weighted by Crippen LogP contribution is -2.36. The molecular formula is C17H25N3. The van der Waals surface area contributed by atoms with E-state index in [0.29, 0.717) is 12.6 Å². The Bertz CT molecular complexity index is 584. The number of benzene rings is 1. The van der Waals surface area contributed by atoms with E-state index in [9.17, 15) is 0 Å². The van der Waals surface area contributed by atoms with Gasteiger partial charge in [0.1, 0.15) is 5.82 Å². The number of aromatic nitrogens is 1. The molecule has 3 nitrogen and oxygen atoms in total. The van der Waals surface area contributed by atoms with Crippen molar-refractivity contribution in [1.82, 2.24) is 4.98 Å². The van der Waals surface area contributed by atoms with Gasteiger partial charge in [0.2, 0.25) is 0 Å². The summed E-state index contributed by atoms with van der Waals surface area (Å²) in [4.78, 5) is 4.76. The number of hydrogen-bond donors (Lipinski definition) is 2. The zero-order valence-electron chi connectivity index (χ0n) is 12.9. The van der Waals surface area contributed by atoms with E-state index < -0.39 is 0 Å². The predicted octanol–water partition coefficient (Wildman–Crippen LogP) is 3.72. The highest BCUT2D eigenvalue weighted by atomic mass is 15.0. The summed E-state index contributed by atoms with van der Waals surface area (Å²) in [5, 5.41) is 4.77. The first-order valence-electron chi connectivity index (χ1n) is 7.25. The molecule has 0 aliphatic carbocycles. The summed E-state index contributed by atoms with van der Waals surface area (Å²) >= 11 is 0. The van der Waals surface area contributed by atoms with Crippen molar-refractivity contribution in [3.05, 3.63) is 35.9 Å². The molecule has 0 bridgehead atoms. The molecule has 3 N–H and O–H groups in total. The van der Waals surface area contributed by atoms with E-state index in [1.165, 1.54) is 10.9 Å². The Morgan fingerprint density at radius 2 is 1.95 bits per heavy atom. The number of para-hydroxylation sites is 1. The van der Waals surface area contributed by atoms with Crippen LogP contribution in [0.3, 0.4) is 0 Å². The van der Waals surface area contributed by atoms with Gasteiger partial charge in [-0.3, -0.25) is 0 Å². The van der Waals surface area contributed by atoms with Crippen molar-refractivity contribution in [2.24, 2.45) is 11.1 Å². The molecule has 0 saturated carbocycles. The lowest BCUT2D eigenvalue weighted by atomic mass is 9.84. The van der Waals surface area contributed by atoms with Crippen molar-refractivity contribution < 1.29 is 0 Å². The highest BCUT2D eigenvalue weighted by Gasteiger charge is 2.24. The first-order valence-corrected chi connectivity index (χ1v) is 7.25. The Morgan fingerprint density at radius 1 is 1.25 bits per heavy atom. The molecule has 1 aromatic carbocycles. The molecule has 1 unspecified atom stereocenters. The molecule has 0 aliphatic rings. The topological polar surface area (TPSA) is 50.9 Å². The number of nitrogens with zero attached hydrogens (tertiary/aromatic N) is 1. The number of nitrogens with two attached hydrogens (primary N) is 1. The summed E-state index contributed by atoms with van der Waals surface area (Å²) in [6, 6.07) is 10.7. The van der Waals surface area contributed by atoms with Gasteiger partial charge in [0, 0.05) is 11.4 Å². The Kier molecular flexibility index (Phi) is 4.29. The van der Waals surface area contributed by atoms with Crippen LogP contribution in [0.5, 0.6) is 0 Å². The van der Waals surface area contributed by atoms with Crippen molar-refractivity contribution in [3.8, 4) is 0 Å². The lowest BCUT2D eigenvalue weighted by Gasteiger charge is -2.32. The number of anilines is 1. The normalized spacial score (nSPS) is 13.4. The van der Waals surface area contributed by atoms with E-state index in [2.05, 4.69) is 51.2 Å². The van der Waals surface area contributed by atoms with E-state index in [1.807, 2.05) is 12.1 Å². The lowest BCUT2D eigenvalue weighted by molar-refractivity contribution is 0.328. The van der Waals surface area contributed by atoms with Gasteiger partial charge in [0.05, 0.1) is 5.52 Å². The molecule has 0 saturated heterocycles. The molecule has 0 fully saturated rings. The summed E-state index contributed by atoms with van der Waals surface area (Å²) in [5.74, 6) is 0.970. The van der Waals surface area contributed by atoms with E-state index in [-0.39, 0.29) is 5.41 Å². The molecule has 1 aromatic heterocycles. The van der Waals surface area contributed by atoms with Crippen LogP contribution in [0.1, 0.15) is 32.8 Å². The van der Waals surface area contributed by atoms with E-state index in [4.69, 9.17) is 10.7 Å². The quantitative estimate of drug-likeness (QED) is 0.891. The van der Waals surface area contributed by atoms with Crippen molar-refractivity contribution >= 4 is 16.7 Å². The molecule has 1 heterocycles. The van der Waals surface area contributed by atoms with Gasteiger partial charge in [0.15, 0.2) is 0 Å². The molecule has 2 aromatic rings. The fourth-order valence-corrected chi connectivity index (χ4v) is 2.42. The standard InChI is InChI=1S/C17H25N3/c1-12-11-13-7-5-6-8-14(13)19-16(12)20-15(9-10-18)17(2,3)4/h5-8,11,15H,9-10,18H2,1-4H3,(H,19,20). The summed E-state index contributed by atoms with van der Waals surface area (Å²) in [6.45, 7) is 9.48. The number of aryl methyl sites for hydroxylation is 1.